The minimum Gasteiger partial charge on any atom is -0.353 e. The van der Waals surface area contributed by atoms with Gasteiger partial charge in [-0.25, -0.2) is 0 Å². The predicted octanol–water partition coefficient (Wildman–Crippen LogP) is 2.34. The third kappa shape index (κ3) is 3.44. The van der Waals surface area contributed by atoms with Gasteiger partial charge < -0.3 is 11.1 Å². The van der Waals surface area contributed by atoms with Crippen molar-refractivity contribution in [2.24, 2.45) is 11.7 Å². The molecule has 2 aliphatic rings. The fourth-order valence-electron chi connectivity index (χ4n) is 3.46. The molecule has 1 atom stereocenters. The number of carbonyl (C=O) groups is 1. The van der Waals surface area contributed by atoms with E-state index >= 15 is 0 Å². The van der Waals surface area contributed by atoms with Crippen molar-refractivity contribution in [3.63, 3.8) is 0 Å². The van der Waals surface area contributed by atoms with Crippen LogP contribution in [-0.2, 0) is 4.79 Å². The van der Waals surface area contributed by atoms with Crippen LogP contribution in [0.1, 0.15) is 64.7 Å². The number of rotatable bonds is 4. The fourth-order valence-corrected chi connectivity index (χ4v) is 3.46. The van der Waals surface area contributed by atoms with Crippen LogP contribution in [0.5, 0.6) is 0 Å². The molecule has 0 saturated heterocycles. The molecule has 2 saturated carbocycles. The zero-order valence-corrected chi connectivity index (χ0v) is 11.0. The molecular formula is C14H26N2O. The van der Waals surface area contributed by atoms with Gasteiger partial charge in [-0.15, -0.1) is 0 Å². The normalized spacial score (nSPS) is 26.0. The zero-order chi connectivity index (χ0) is 12.3. The summed E-state index contributed by atoms with van der Waals surface area (Å²) in [6.45, 7) is 2.14. The maximum Gasteiger partial charge on any atom is 0.222 e. The van der Waals surface area contributed by atoms with E-state index in [9.17, 15) is 4.79 Å². The molecule has 2 fully saturated rings. The quantitative estimate of drug-likeness (QED) is 0.790. The second kappa shape index (κ2) is 5.38. The molecule has 0 aromatic heterocycles. The molecule has 98 valence electrons. The van der Waals surface area contributed by atoms with Crippen LogP contribution in [0.4, 0.5) is 0 Å². The van der Waals surface area contributed by atoms with Crippen LogP contribution in [0.2, 0.25) is 0 Å². The van der Waals surface area contributed by atoms with Gasteiger partial charge >= 0.3 is 0 Å². The van der Waals surface area contributed by atoms with Gasteiger partial charge in [-0.3, -0.25) is 4.79 Å². The molecule has 3 heteroatoms. The molecule has 0 spiro atoms. The van der Waals surface area contributed by atoms with E-state index in [4.69, 9.17) is 5.73 Å². The molecule has 3 nitrogen and oxygen atoms in total. The monoisotopic (exact) mass is 238 g/mol. The summed E-state index contributed by atoms with van der Waals surface area (Å²) >= 11 is 0. The van der Waals surface area contributed by atoms with Crippen LogP contribution in [0.15, 0.2) is 0 Å². The van der Waals surface area contributed by atoms with Gasteiger partial charge in [0, 0.05) is 18.0 Å². The maximum atomic E-state index is 12.0. The summed E-state index contributed by atoms with van der Waals surface area (Å²) in [5.41, 5.74) is 6.02. The Morgan fingerprint density at radius 1 is 1.29 bits per heavy atom. The standard InChI is InChI=1S/C14H26N2O/c1-11(12-6-2-3-7-12)16-13(17)10-14(15)8-4-5-9-14/h11-12H,2-10,15H2,1H3,(H,16,17). The third-order valence-corrected chi connectivity index (χ3v) is 4.61. The highest BCUT2D eigenvalue weighted by Gasteiger charge is 2.32. The summed E-state index contributed by atoms with van der Waals surface area (Å²) in [4.78, 5) is 12.0. The lowest BCUT2D eigenvalue weighted by Crippen LogP contribution is -2.45. The Bertz CT molecular complexity index is 265. The molecule has 0 heterocycles. The van der Waals surface area contributed by atoms with Gasteiger partial charge in [-0.2, -0.15) is 0 Å². The van der Waals surface area contributed by atoms with Crippen LogP contribution in [-0.4, -0.2) is 17.5 Å². The Morgan fingerprint density at radius 2 is 1.88 bits per heavy atom. The molecule has 0 aromatic carbocycles. The van der Waals surface area contributed by atoms with E-state index in [2.05, 4.69) is 12.2 Å². The Morgan fingerprint density at radius 3 is 2.47 bits per heavy atom. The van der Waals surface area contributed by atoms with Gasteiger partial charge in [0.15, 0.2) is 0 Å². The SMILES string of the molecule is CC(NC(=O)CC1(N)CCCC1)C1CCCC1. The van der Waals surface area contributed by atoms with Crippen molar-refractivity contribution < 1.29 is 4.79 Å². The highest BCUT2D eigenvalue weighted by atomic mass is 16.1. The van der Waals surface area contributed by atoms with Gasteiger partial charge in [0.1, 0.15) is 0 Å². The number of carbonyl (C=O) groups excluding carboxylic acids is 1. The van der Waals surface area contributed by atoms with Crippen molar-refractivity contribution in [1.29, 1.82) is 0 Å². The van der Waals surface area contributed by atoms with Gasteiger partial charge in [-0.1, -0.05) is 25.7 Å². The smallest absolute Gasteiger partial charge is 0.222 e. The van der Waals surface area contributed by atoms with Gasteiger partial charge in [0.05, 0.1) is 0 Å². The Hall–Kier alpha value is -0.570. The van der Waals surface area contributed by atoms with E-state index in [1.165, 1.54) is 38.5 Å². The second-order valence-corrected chi connectivity index (χ2v) is 6.15. The van der Waals surface area contributed by atoms with E-state index in [1.54, 1.807) is 0 Å². The van der Waals surface area contributed by atoms with Crippen molar-refractivity contribution in [3.8, 4) is 0 Å². The van der Waals surface area contributed by atoms with Gasteiger partial charge in [0.25, 0.3) is 0 Å². The number of amides is 1. The van der Waals surface area contributed by atoms with E-state index in [0.717, 1.165) is 12.8 Å². The molecule has 17 heavy (non-hydrogen) atoms. The number of hydrogen-bond acceptors (Lipinski definition) is 2. The van der Waals surface area contributed by atoms with Crippen molar-refractivity contribution in [1.82, 2.24) is 5.32 Å². The van der Waals surface area contributed by atoms with Crippen LogP contribution < -0.4 is 11.1 Å². The summed E-state index contributed by atoms with van der Waals surface area (Å²) in [6.07, 6.45) is 10.1. The average Bonchev–Trinajstić information content (AvgIpc) is 2.88. The average molecular weight is 238 g/mol. The summed E-state index contributed by atoms with van der Waals surface area (Å²) in [5.74, 6) is 0.852. The molecule has 1 unspecified atom stereocenters. The topological polar surface area (TPSA) is 55.1 Å². The lowest BCUT2D eigenvalue weighted by Gasteiger charge is -2.26. The summed E-state index contributed by atoms with van der Waals surface area (Å²) in [6, 6.07) is 0.329. The van der Waals surface area contributed by atoms with Crippen LogP contribution in [0.25, 0.3) is 0 Å². The molecule has 2 aliphatic carbocycles. The summed E-state index contributed by atoms with van der Waals surface area (Å²) < 4.78 is 0. The molecule has 0 aromatic rings. The molecular weight excluding hydrogens is 212 g/mol. The number of nitrogens with two attached hydrogens (primary N) is 1. The Kier molecular flexibility index (Phi) is 4.08. The lowest BCUT2D eigenvalue weighted by atomic mass is 9.93. The first kappa shape index (κ1) is 12.9. The zero-order valence-electron chi connectivity index (χ0n) is 11.0. The number of hydrogen-bond donors (Lipinski definition) is 2. The summed E-state index contributed by atoms with van der Waals surface area (Å²) in [5, 5.41) is 3.15. The van der Waals surface area contributed by atoms with E-state index in [1.807, 2.05) is 0 Å². The molecule has 1 amide bonds. The van der Waals surface area contributed by atoms with Crippen molar-refractivity contribution in [2.75, 3.05) is 0 Å². The van der Waals surface area contributed by atoms with Crippen LogP contribution in [0, 0.1) is 5.92 Å². The van der Waals surface area contributed by atoms with Crippen molar-refractivity contribution in [3.05, 3.63) is 0 Å². The minimum absolute atomic E-state index is 0.161. The fraction of sp³-hybridized carbons (Fsp3) is 0.929. The Labute approximate surface area is 105 Å². The van der Waals surface area contributed by atoms with E-state index in [-0.39, 0.29) is 11.4 Å². The minimum atomic E-state index is -0.209. The molecule has 3 N–H and O–H groups in total. The predicted molar refractivity (Wildman–Crippen MR) is 69.6 cm³/mol. The van der Waals surface area contributed by atoms with Crippen molar-refractivity contribution >= 4 is 5.91 Å². The number of nitrogens with one attached hydrogen (secondary N) is 1. The van der Waals surface area contributed by atoms with E-state index in [0.29, 0.717) is 18.4 Å². The first-order valence-electron chi connectivity index (χ1n) is 7.17. The van der Waals surface area contributed by atoms with Gasteiger partial charge in [0.2, 0.25) is 5.91 Å². The second-order valence-electron chi connectivity index (χ2n) is 6.15. The largest absolute Gasteiger partial charge is 0.353 e. The Balaban J connectivity index is 1.76. The highest BCUT2D eigenvalue weighted by molar-refractivity contribution is 5.77. The summed E-state index contributed by atoms with van der Waals surface area (Å²) in [7, 11) is 0. The van der Waals surface area contributed by atoms with E-state index < -0.39 is 0 Å². The lowest BCUT2D eigenvalue weighted by molar-refractivity contribution is -0.123. The maximum absolute atomic E-state index is 12.0. The molecule has 0 aliphatic heterocycles. The first-order chi connectivity index (χ1) is 8.09. The molecule has 2 rings (SSSR count). The molecule has 0 radical (unpaired) electrons. The van der Waals surface area contributed by atoms with Crippen molar-refractivity contribution in [2.45, 2.75) is 76.3 Å². The third-order valence-electron chi connectivity index (χ3n) is 4.61. The molecule has 0 bridgehead atoms. The van der Waals surface area contributed by atoms with Crippen LogP contribution >= 0.6 is 0 Å². The highest BCUT2D eigenvalue weighted by Crippen LogP contribution is 2.31. The van der Waals surface area contributed by atoms with Gasteiger partial charge in [-0.05, 0) is 38.5 Å². The van der Waals surface area contributed by atoms with Crippen LogP contribution in [0.3, 0.4) is 0 Å². The first-order valence-corrected chi connectivity index (χ1v) is 7.17.